The van der Waals surface area contributed by atoms with Gasteiger partial charge in [-0.15, -0.1) is 0 Å². The van der Waals surface area contributed by atoms with Crippen LogP contribution in [-0.4, -0.2) is 4.92 Å². The molecule has 0 saturated carbocycles. The van der Waals surface area contributed by atoms with Gasteiger partial charge in [-0.25, -0.2) is 0 Å². The zero-order valence-corrected chi connectivity index (χ0v) is 9.09. The molecule has 0 spiro atoms. The van der Waals surface area contributed by atoms with E-state index in [1.54, 1.807) is 13.0 Å². The molecule has 1 aromatic carbocycles. The number of aryl methyl sites for hydroxylation is 1. The average Bonchev–Trinajstić information content (AvgIpc) is 2.09. The highest BCUT2D eigenvalue weighted by atomic mass is 79.9. The van der Waals surface area contributed by atoms with E-state index in [0.29, 0.717) is 5.33 Å². The maximum absolute atomic E-state index is 10.6. The summed E-state index contributed by atoms with van der Waals surface area (Å²) in [7, 11) is 0. The van der Waals surface area contributed by atoms with Crippen LogP contribution >= 0.6 is 15.9 Å². The zero-order chi connectivity index (χ0) is 10.0. The molecule has 0 aromatic heterocycles. The van der Waals surface area contributed by atoms with Gasteiger partial charge in [0.05, 0.1) is 4.92 Å². The molecular weight excluding hydrogens is 234 g/mol. The van der Waals surface area contributed by atoms with Crippen molar-refractivity contribution in [3.8, 4) is 0 Å². The van der Waals surface area contributed by atoms with Crippen molar-refractivity contribution >= 4 is 21.6 Å². The molecule has 4 heteroatoms. The monoisotopic (exact) mass is 243 g/mol. The second-order valence-corrected chi connectivity index (χ2v) is 3.51. The number of nitro groups is 1. The Labute approximate surface area is 85.0 Å². The van der Waals surface area contributed by atoms with Gasteiger partial charge in [-0.3, -0.25) is 10.1 Å². The summed E-state index contributed by atoms with van der Waals surface area (Å²) >= 11 is 3.28. The third-order valence-electron chi connectivity index (χ3n) is 2.05. The first-order chi connectivity index (χ1) is 6.06. The number of nitrogens with zero attached hydrogens (tertiary/aromatic N) is 1. The van der Waals surface area contributed by atoms with Crippen molar-refractivity contribution in [3.05, 3.63) is 38.9 Å². The molecule has 70 valence electrons. The van der Waals surface area contributed by atoms with E-state index in [1.165, 1.54) is 0 Å². The van der Waals surface area contributed by atoms with Crippen LogP contribution in [0.5, 0.6) is 0 Å². The largest absolute Gasteiger partial charge is 0.272 e. The summed E-state index contributed by atoms with van der Waals surface area (Å²) in [5.74, 6) is 0. The lowest BCUT2D eigenvalue weighted by Gasteiger charge is -2.03. The Balaban J connectivity index is 3.33. The fourth-order valence-electron chi connectivity index (χ4n) is 1.18. The van der Waals surface area contributed by atoms with Crippen LogP contribution in [0.25, 0.3) is 0 Å². The summed E-state index contributed by atoms with van der Waals surface area (Å²) in [5.41, 5.74) is 2.85. The summed E-state index contributed by atoms with van der Waals surface area (Å²) in [6.07, 6.45) is 0. The Kier molecular flexibility index (Phi) is 3.03. The minimum Gasteiger partial charge on any atom is -0.258 e. The van der Waals surface area contributed by atoms with Gasteiger partial charge in [-0.05, 0) is 25.0 Å². The molecule has 0 amide bonds. The minimum absolute atomic E-state index is 0.203. The fourth-order valence-corrected chi connectivity index (χ4v) is 1.50. The van der Waals surface area contributed by atoms with Crippen LogP contribution in [0.1, 0.15) is 16.7 Å². The SMILES string of the molecule is Cc1cc(CBr)cc([N+](=O)[O-])c1C. The van der Waals surface area contributed by atoms with E-state index in [2.05, 4.69) is 15.9 Å². The van der Waals surface area contributed by atoms with Gasteiger partial charge in [0.1, 0.15) is 0 Å². The Morgan fingerprint density at radius 3 is 2.54 bits per heavy atom. The van der Waals surface area contributed by atoms with Crippen LogP contribution in [0.2, 0.25) is 0 Å². The summed E-state index contributed by atoms with van der Waals surface area (Å²) in [6.45, 7) is 3.65. The highest BCUT2D eigenvalue weighted by Crippen LogP contribution is 2.24. The van der Waals surface area contributed by atoms with Crippen molar-refractivity contribution in [1.82, 2.24) is 0 Å². The van der Waals surface area contributed by atoms with Gasteiger partial charge in [0, 0.05) is 17.0 Å². The van der Waals surface area contributed by atoms with Crippen LogP contribution in [0.15, 0.2) is 12.1 Å². The van der Waals surface area contributed by atoms with Crippen LogP contribution in [0.4, 0.5) is 5.69 Å². The molecule has 0 aliphatic heterocycles. The molecule has 1 aromatic rings. The number of hydrogen-bond donors (Lipinski definition) is 0. The molecule has 0 atom stereocenters. The normalized spacial score (nSPS) is 10.1. The smallest absolute Gasteiger partial charge is 0.258 e. The lowest BCUT2D eigenvalue weighted by atomic mass is 10.1. The second-order valence-electron chi connectivity index (χ2n) is 2.95. The van der Waals surface area contributed by atoms with Crippen LogP contribution in [-0.2, 0) is 5.33 Å². The Morgan fingerprint density at radius 2 is 2.08 bits per heavy atom. The average molecular weight is 244 g/mol. The molecule has 0 unspecified atom stereocenters. The molecule has 1 rings (SSSR count). The Bertz CT molecular complexity index is 350. The van der Waals surface area contributed by atoms with E-state index >= 15 is 0 Å². The van der Waals surface area contributed by atoms with E-state index in [9.17, 15) is 10.1 Å². The van der Waals surface area contributed by atoms with E-state index in [4.69, 9.17) is 0 Å². The van der Waals surface area contributed by atoms with Gasteiger partial charge < -0.3 is 0 Å². The molecule has 0 aliphatic rings. The van der Waals surface area contributed by atoms with Crippen molar-refractivity contribution in [2.24, 2.45) is 0 Å². The molecular formula is C9H10BrNO2. The molecule has 0 fully saturated rings. The first kappa shape index (κ1) is 10.2. The highest BCUT2D eigenvalue weighted by Gasteiger charge is 2.13. The van der Waals surface area contributed by atoms with Gasteiger partial charge in [0.25, 0.3) is 5.69 Å². The molecule has 0 radical (unpaired) electrons. The number of benzene rings is 1. The lowest BCUT2D eigenvalue weighted by Crippen LogP contribution is -1.95. The van der Waals surface area contributed by atoms with E-state index in [1.807, 2.05) is 13.0 Å². The quantitative estimate of drug-likeness (QED) is 0.455. The summed E-state index contributed by atoms with van der Waals surface area (Å²) in [6, 6.07) is 3.56. The predicted octanol–water partition coefficient (Wildman–Crippen LogP) is 3.11. The molecule has 3 nitrogen and oxygen atoms in total. The van der Waals surface area contributed by atoms with Crippen molar-refractivity contribution < 1.29 is 4.92 Å². The standard InChI is InChI=1S/C9H10BrNO2/c1-6-3-8(5-10)4-9(7(6)2)11(12)13/h3-4H,5H2,1-2H3. The predicted molar refractivity (Wildman–Crippen MR) is 55.2 cm³/mol. The van der Waals surface area contributed by atoms with Gasteiger partial charge in [-0.2, -0.15) is 0 Å². The maximum atomic E-state index is 10.6. The van der Waals surface area contributed by atoms with E-state index in [0.717, 1.165) is 16.7 Å². The topological polar surface area (TPSA) is 43.1 Å². The third-order valence-corrected chi connectivity index (χ3v) is 2.70. The summed E-state index contributed by atoms with van der Waals surface area (Å²) in [4.78, 5) is 10.3. The fraction of sp³-hybridized carbons (Fsp3) is 0.333. The minimum atomic E-state index is -0.339. The molecule has 13 heavy (non-hydrogen) atoms. The summed E-state index contributed by atoms with van der Waals surface area (Å²) < 4.78 is 0. The van der Waals surface area contributed by atoms with Crippen molar-refractivity contribution in [3.63, 3.8) is 0 Å². The first-order valence-corrected chi connectivity index (χ1v) is 4.99. The van der Waals surface area contributed by atoms with Crippen molar-refractivity contribution in [2.45, 2.75) is 19.2 Å². The van der Waals surface area contributed by atoms with Gasteiger partial charge >= 0.3 is 0 Å². The van der Waals surface area contributed by atoms with E-state index in [-0.39, 0.29) is 10.6 Å². The second kappa shape index (κ2) is 3.87. The van der Waals surface area contributed by atoms with Crippen LogP contribution in [0.3, 0.4) is 0 Å². The van der Waals surface area contributed by atoms with Gasteiger partial charge in [-0.1, -0.05) is 22.0 Å². The summed E-state index contributed by atoms with van der Waals surface area (Å²) in [5, 5.41) is 11.3. The lowest BCUT2D eigenvalue weighted by molar-refractivity contribution is -0.385. The number of nitro benzene ring substituents is 1. The Hall–Kier alpha value is -0.900. The number of alkyl halides is 1. The first-order valence-electron chi connectivity index (χ1n) is 3.86. The number of hydrogen-bond acceptors (Lipinski definition) is 2. The number of halogens is 1. The van der Waals surface area contributed by atoms with Crippen molar-refractivity contribution in [2.75, 3.05) is 0 Å². The molecule has 0 aliphatic carbocycles. The molecule has 0 saturated heterocycles. The van der Waals surface area contributed by atoms with Gasteiger partial charge in [0.2, 0.25) is 0 Å². The molecule has 0 N–H and O–H groups in total. The maximum Gasteiger partial charge on any atom is 0.272 e. The Morgan fingerprint density at radius 1 is 1.46 bits per heavy atom. The molecule has 0 heterocycles. The van der Waals surface area contributed by atoms with Crippen LogP contribution in [0, 0.1) is 24.0 Å². The molecule has 0 bridgehead atoms. The number of rotatable bonds is 2. The van der Waals surface area contributed by atoms with Crippen LogP contribution < -0.4 is 0 Å². The van der Waals surface area contributed by atoms with Gasteiger partial charge in [0.15, 0.2) is 0 Å². The third kappa shape index (κ3) is 2.06. The zero-order valence-electron chi connectivity index (χ0n) is 7.50. The highest BCUT2D eigenvalue weighted by molar-refractivity contribution is 9.08. The van der Waals surface area contributed by atoms with Crippen molar-refractivity contribution in [1.29, 1.82) is 0 Å². The van der Waals surface area contributed by atoms with E-state index < -0.39 is 0 Å².